The Bertz CT molecular complexity index is 893. The van der Waals surface area contributed by atoms with E-state index in [1.54, 1.807) is 32.4 Å². The van der Waals surface area contributed by atoms with Gasteiger partial charge < -0.3 is 19.5 Å². The third kappa shape index (κ3) is 5.08. The van der Waals surface area contributed by atoms with Crippen molar-refractivity contribution in [2.75, 3.05) is 20.8 Å². The zero-order valence-electron chi connectivity index (χ0n) is 17.1. The van der Waals surface area contributed by atoms with Crippen molar-refractivity contribution in [1.82, 2.24) is 5.32 Å². The van der Waals surface area contributed by atoms with Crippen LogP contribution >= 0.6 is 0 Å². The molecule has 1 atom stereocenters. The number of amides is 1. The van der Waals surface area contributed by atoms with Gasteiger partial charge in [-0.05, 0) is 74.1 Å². The first kappa shape index (κ1) is 20.7. The van der Waals surface area contributed by atoms with E-state index in [4.69, 9.17) is 14.2 Å². The number of ether oxygens (including phenoxy) is 3. The minimum atomic E-state index is -0.486. The Labute approximate surface area is 171 Å². The van der Waals surface area contributed by atoms with Gasteiger partial charge in [-0.25, -0.2) is 4.79 Å². The van der Waals surface area contributed by atoms with Gasteiger partial charge in [-0.2, -0.15) is 0 Å². The van der Waals surface area contributed by atoms with Crippen molar-refractivity contribution in [3.05, 3.63) is 58.7 Å². The van der Waals surface area contributed by atoms with Gasteiger partial charge in [-0.15, -0.1) is 0 Å². The number of aryl methyl sites for hydroxylation is 2. The van der Waals surface area contributed by atoms with Crippen LogP contribution in [-0.2, 0) is 22.4 Å². The summed E-state index contributed by atoms with van der Waals surface area (Å²) in [5.74, 6) is 0.444. The molecule has 2 aromatic rings. The van der Waals surface area contributed by atoms with Gasteiger partial charge in [0, 0.05) is 5.56 Å². The molecule has 0 fully saturated rings. The van der Waals surface area contributed by atoms with Crippen molar-refractivity contribution >= 4 is 11.9 Å². The molecule has 0 bridgehead atoms. The van der Waals surface area contributed by atoms with Gasteiger partial charge in [-0.3, -0.25) is 4.79 Å². The van der Waals surface area contributed by atoms with Crippen molar-refractivity contribution in [2.24, 2.45) is 0 Å². The van der Waals surface area contributed by atoms with Crippen LogP contribution in [0.15, 0.2) is 36.4 Å². The molecule has 3 rings (SSSR count). The standard InChI is InChI=1S/C23H27NO5/c1-15(20-13-19(27-2)10-11-21(20)28-3)24-22(25)14-29-23(26)18-9-8-16-6-4-5-7-17(16)12-18/h8-13,15H,4-7,14H2,1-3H3,(H,24,25)/t15-/m0/s1. The summed E-state index contributed by atoms with van der Waals surface area (Å²) in [7, 11) is 3.15. The fourth-order valence-corrected chi connectivity index (χ4v) is 3.61. The molecule has 0 spiro atoms. The first-order chi connectivity index (χ1) is 14.0. The van der Waals surface area contributed by atoms with E-state index in [1.165, 1.54) is 17.5 Å². The highest BCUT2D eigenvalue weighted by Crippen LogP contribution is 2.29. The van der Waals surface area contributed by atoms with Crippen molar-refractivity contribution < 1.29 is 23.8 Å². The van der Waals surface area contributed by atoms with Gasteiger partial charge in [0.25, 0.3) is 5.91 Å². The summed E-state index contributed by atoms with van der Waals surface area (Å²) in [6.45, 7) is 1.49. The van der Waals surface area contributed by atoms with E-state index in [2.05, 4.69) is 5.32 Å². The second-order valence-electron chi connectivity index (χ2n) is 7.16. The molecule has 29 heavy (non-hydrogen) atoms. The zero-order chi connectivity index (χ0) is 20.8. The van der Waals surface area contributed by atoms with Crippen LogP contribution in [0.1, 0.15) is 52.9 Å². The highest BCUT2D eigenvalue weighted by Gasteiger charge is 2.18. The van der Waals surface area contributed by atoms with Crippen LogP contribution in [0.4, 0.5) is 0 Å². The quantitative estimate of drug-likeness (QED) is 0.723. The van der Waals surface area contributed by atoms with Crippen LogP contribution in [0.3, 0.4) is 0 Å². The Morgan fingerprint density at radius 1 is 1.00 bits per heavy atom. The number of esters is 1. The summed E-state index contributed by atoms with van der Waals surface area (Å²) in [6.07, 6.45) is 4.36. The highest BCUT2D eigenvalue weighted by atomic mass is 16.5. The number of carbonyl (C=O) groups is 2. The minimum absolute atomic E-state index is 0.338. The highest BCUT2D eigenvalue weighted by molar-refractivity contribution is 5.91. The molecule has 1 aliphatic carbocycles. The molecule has 0 saturated carbocycles. The number of carbonyl (C=O) groups excluding carboxylic acids is 2. The SMILES string of the molecule is COc1ccc(OC)c([C@H](C)NC(=O)COC(=O)c2ccc3c(c2)CCCC3)c1. The third-order valence-electron chi connectivity index (χ3n) is 5.20. The van der Waals surface area contributed by atoms with E-state index in [0.717, 1.165) is 24.8 Å². The predicted octanol–water partition coefficient (Wildman–Crippen LogP) is 3.62. The number of rotatable bonds is 7. The van der Waals surface area contributed by atoms with Crippen LogP contribution in [0.2, 0.25) is 0 Å². The van der Waals surface area contributed by atoms with Crippen molar-refractivity contribution in [3.8, 4) is 11.5 Å². The number of nitrogens with one attached hydrogen (secondary N) is 1. The number of methoxy groups -OCH3 is 2. The zero-order valence-corrected chi connectivity index (χ0v) is 17.1. The molecule has 6 heteroatoms. The number of hydrogen-bond acceptors (Lipinski definition) is 5. The Kier molecular flexibility index (Phi) is 6.75. The summed E-state index contributed by atoms with van der Waals surface area (Å²) in [6, 6.07) is 10.7. The molecule has 6 nitrogen and oxygen atoms in total. The summed E-state index contributed by atoms with van der Waals surface area (Å²) in [5.41, 5.74) is 3.77. The van der Waals surface area contributed by atoms with E-state index in [0.29, 0.717) is 17.1 Å². The molecular formula is C23H27NO5. The predicted molar refractivity (Wildman–Crippen MR) is 109 cm³/mol. The molecule has 0 aromatic heterocycles. The lowest BCUT2D eigenvalue weighted by Gasteiger charge is -2.18. The van der Waals surface area contributed by atoms with Gasteiger partial charge in [0.15, 0.2) is 6.61 Å². The van der Waals surface area contributed by atoms with Gasteiger partial charge >= 0.3 is 5.97 Å². The van der Waals surface area contributed by atoms with Crippen LogP contribution in [0.5, 0.6) is 11.5 Å². The molecule has 0 aliphatic heterocycles. The van der Waals surface area contributed by atoms with Gasteiger partial charge in [-0.1, -0.05) is 6.07 Å². The first-order valence-corrected chi connectivity index (χ1v) is 9.82. The fraction of sp³-hybridized carbons (Fsp3) is 0.391. The van der Waals surface area contributed by atoms with E-state index in [-0.39, 0.29) is 18.6 Å². The van der Waals surface area contributed by atoms with Gasteiger partial charge in [0.1, 0.15) is 11.5 Å². The second-order valence-corrected chi connectivity index (χ2v) is 7.16. The van der Waals surface area contributed by atoms with E-state index < -0.39 is 5.97 Å². The van der Waals surface area contributed by atoms with Crippen LogP contribution in [-0.4, -0.2) is 32.7 Å². The summed E-state index contributed by atoms with van der Waals surface area (Å²) >= 11 is 0. The Balaban J connectivity index is 1.57. The van der Waals surface area contributed by atoms with Crippen molar-refractivity contribution in [2.45, 2.75) is 38.6 Å². The lowest BCUT2D eigenvalue weighted by atomic mass is 9.90. The Hall–Kier alpha value is -3.02. The van der Waals surface area contributed by atoms with Gasteiger partial charge in [0.05, 0.1) is 25.8 Å². The van der Waals surface area contributed by atoms with E-state index in [9.17, 15) is 9.59 Å². The van der Waals surface area contributed by atoms with Gasteiger partial charge in [0.2, 0.25) is 0 Å². The summed E-state index contributed by atoms with van der Waals surface area (Å²) < 4.78 is 15.8. The third-order valence-corrected chi connectivity index (χ3v) is 5.20. The fourth-order valence-electron chi connectivity index (χ4n) is 3.61. The van der Waals surface area contributed by atoms with Crippen LogP contribution in [0.25, 0.3) is 0 Å². The maximum Gasteiger partial charge on any atom is 0.338 e. The summed E-state index contributed by atoms with van der Waals surface area (Å²) in [4.78, 5) is 24.6. The number of hydrogen-bond donors (Lipinski definition) is 1. The largest absolute Gasteiger partial charge is 0.497 e. The second kappa shape index (κ2) is 9.45. The average molecular weight is 397 g/mol. The molecule has 2 aromatic carbocycles. The first-order valence-electron chi connectivity index (χ1n) is 9.82. The molecule has 0 saturated heterocycles. The normalized spacial score (nSPS) is 13.8. The van der Waals surface area contributed by atoms with Crippen LogP contribution in [0, 0.1) is 0 Å². The molecule has 0 radical (unpaired) electrons. The van der Waals surface area contributed by atoms with Crippen molar-refractivity contribution in [3.63, 3.8) is 0 Å². The molecular weight excluding hydrogens is 370 g/mol. The molecule has 154 valence electrons. The maximum atomic E-state index is 12.3. The Morgan fingerprint density at radius 2 is 1.76 bits per heavy atom. The molecule has 0 unspecified atom stereocenters. The molecule has 0 heterocycles. The lowest BCUT2D eigenvalue weighted by Crippen LogP contribution is -2.31. The topological polar surface area (TPSA) is 73.9 Å². The smallest absolute Gasteiger partial charge is 0.338 e. The minimum Gasteiger partial charge on any atom is -0.497 e. The van der Waals surface area contributed by atoms with E-state index >= 15 is 0 Å². The van der Waals surface area contributed by atoms with Crippen molar-refractivity contribution in [1.29, 1.82) is 0 Å². The molecule has 1 aliphatic rings. The average Bonchev–Trinajstić information content (AvgIpc) is 2.76. The van der Waals surface area contributed by atoms with Crippen LogP contribution < -0.4 is 14.8 Å². The number of fused-ring (bicyclic) bond motifs is 1. The Morgan fingerprint density at radius 3 is 2.48 bits per heavy atom. The summed E-state index contributed by atoms with van der Waals surface area (Å²) in [5, 5.41) is 2.83. The lowest BCUT2D eigenvalue weighted by molar-refractivity contribution is -0.124. The van der Waals surface area contributed by atoms with E-state index in [1.807, 2.05) is 25.1 Å². The monoisotopic (exact) mass is 397 g/mol. The molecule has 1 amide bonds. The molecule has 1 N–H and O–H groups in total. The maximum absolute atomic E-state index is 12.3. The number of benzene rings is 2.